The number of likely N-dealkylation sites (tertiary alicyclic amines) is 1. The average Bonchev–Trinajstić information content (AvgIpc) is 2.44. The second-order valence-electron chi connectivity index (χ2n) is 5.76. The van der Waals surface area contributed by atoms with Crippen LogP contribution in [0.5, 0.6) is 0 Å². The summed E-state index contributed by atoms with van der Waals surface area (Å²) < 4.78 is 0. The molecule has 1 aromatic carbocycles. The quantitative estimate of drug-likeness (QED) is 0.863. The predicted molar refractivity (Wildman–Crippen MR) is 79.9 cm³/mol. The fourth-order valence-electron chi connectivity index (χ4n) is 2.79. The van der Waals surface area contributed by atoms with Gasteiger partial charge in [0, 0.05) is 18.6 Å². The number of carbonyl (C=O) groups is 1. The van der Waals surface area contributed by atoms with Gasteiger partial charge in [0.05, 0.1) is 5.92 Å². The topological polar surface area (TPSA) is 52.6 Å². The number of rotatable bonds is 5. The highest BCUT2D eigenvalue weighted by molar-refractivity contribution is 5.76. The Kier molecular flexibility index (Phi) is 5.15. The van der Waals surface area contributed by atoms with Gasteiger partial charge in [-0.3, -0.25) is 4.79 Å². The van der Waals surface area contributed by atoms with Crippen molar-refractivity contribution >= 4 is 5.97 Å². The summed E-state index contributed by atoms with van der Waals surface area (Å²) in [6.45, 7) is 3.79. The molecule has 1 saturated heterocycles. The summed E-state index contributed by atoms with van der Waals surface area (Å²) in [6, 6.07) is 10.4. The lowest BCUT2D eigenvalue weighted by molar-refractivity contribution is -0.138. The fourth-order valence-corrected chi connectivity index (χ4v) is 2.79. The van der Waals surface area contributed by atoms with Gasteiger partial charge in [0.25, 0.3) is 0 Å². The molecule has 0 radical (unpaired) electrons. The van der Waals surface area contributed by atoms with Crippen LogP contribution in [-0.4, -0.2) is 48.2 Å². The van der Waals surface area contributed by atoms with Gasteiger partial charge in [-0.2, -0.15) is 0 Å². The van der Waals surface area contributed by atoms with E-state index in [4.69, 9.17) is 0 Å². The molecule has 0 saturated carbocycles. The molecule has 3 unspecified atom stereocenters. The summed E-state index contributed by atoms with van der Waals surface area (Å²) in [4.78, 5) is 13.8. The number of carboxylic acids is 1. The van der Waals surface area contributed by atoms with E-state index in [1.165, 1.54) is 0 Å². The van der Waals surface area contributed by atoms with Crippen LogP contribution in [0.2, 0.25) is 0 Å². The SMILES string of the molecule is CC1CC(NCC(C(=O)O)c2ccccc2)CCN1C. The minimum atomic E-state index is -0.760. The Hall–Kier alpha value is -1.39. The molecule has 1 heterocycles. The van der Waals surface area contributed by atoms with Gasteiger partial charge in [0.2, 0.25) is 0 Å². The van der Waals surface area contributed by atoms with Crippen LogP contribution in [0.3, 0.4) is 0 Å². The first-order valence-corrected chi connectivity index (χ1v) is 7.29. The second kappa shape index (κ2) is 6.86. The number of benzene rings is 1. The van der Waals surface area contributed by atoms with Crippen LogP contribution >= 0.6 is 0 Å². The third kappa shape index (κ3) is 3.81. The molecule has 4 nitrogen and oxygen atoms in total. The molecule has 0 aromatic heterocycles. The van der Waals surface area contributed by atoms with Crippen molar-refractivity contribution < 1.29 is 9.90 Å². The number of hydrogen-bond donors (Lipinski definition) is 2. The van der Waals surface area contributed by atoms with E-state index in [0.717, 1.165) is 24.9 Å². The predicted octanol–water partition coefficient (Wildman–Crippen LogP) is 1.93. The van der Waals surface area contributed by atoms with Gasteiger partial charge in [-0.25, -0.2) is 0 Å². The third-order valence-electron chi connectivity index (χ3n) is 4.32. The van der Waals surface area contributed by atoms with Crippen LogP contribution in [-0.2, 0) is 4.79 Å². The standard InChI is InChI=1S/C16H24N2O2/c1-12-10-14(8-9-18(12)2)17-11-15(16(19)20)13-6-4-3-5-7-13/h3-7,12,14-15,17H,8-11H2,1-2H3,(H,19,20). The zero-order valence-electron chi connectivity index (χ0n) is 12.2. The highest BCUT2D eigenvalue weighted by atomic mass is 16.4. The fraction of sp³-hybridized carbons (Fsp3) is 0.562. The van der Waals surface area contributed by atoms with Crippen LogP contribution in [0.25, 0.3) is 0 Å². The molecule has 0 bridgehead atoms. The Bertz CT molecular complexity index is 435. The summed E-state index contributed by atoms with van der Waals surface area (Å²) in [7, 11) is 2.14. The molecule has 1 aromatic rings. The first kappa shape index (κ1) is 15.0. The lowest BCUT2D eigenvalue weighted by Gasteiger charge is -2.35. The van der Waals surface area contributed by atoms with E-state index in [1.54, 1.807) is 0 Å². The minimum Gasteiger partial charge on any atom is -0.481 e. The van der Waals surface area contributed by atoms with E-state index in [1.807, 2.05) is 30.3 Å². The summed E-state index contributed by atoms with van der Waals surface area (Å²) in [6.07, 6.45) is 2.17. The molecule has 1 fully saturated rings. The number of carboxylic acid groups (broad SMARTS) is 1. The maximum atomic E-state index is 11.4. The lowest BCUT2D eigenvalue weighted by atomic mass is 9.96. The molecule has 1 aliphatic heterocycles. The molecule has 2 N–H and O–H groups in total. The Morgan fingerprint density at radius 3 is 2.75 bits per heavy atom. The minimum absolute atomic E-state index is 0.423. The van der Waals surface area contributed by atoms with Crippen LogP contribution in [0.4, 0.5) is 0 Å². The maximum Gasteiger partial charge on any atom is 0.312 e. The largest absolute Gasteiger partial charge is 0.481 e. The summed E-state index contributed by atoms with van der Waals surface area (Å²) >= 11 is 0. The zero-order valence-corrected chi connectivity index (χ0v) is 12.2. The molecular formula is C16H24N2O2. The van der Waals surface area contributed by atoms with Gasteiger partial charge < -0.3 is 15.3 Å². The first-order chi connectivity index (χ1) is 9.58. The van der Waals surface area contributed by atoms with Crippen molar-refractivity contribution in [3.05, 3.63) is 35.9 Å². The van der Waals surface area contributed by atoms with Crippen LogP contribution in [0, 0.1) is 0 Å². The van der Waals surface area contributed by atoms with E-state index in [2.05, 4.69) is 24.2 Å². The third-order valence-corrected chi connectivity index (χ3v) is 4.32. The highest BCUT2D eigenvalue weighted by Gasteiger charge is 2.25. The van der Waals surface area contributed by atoms with E-state index < -0.39 is 11.9 Å². The molecule has 4 heteroatoms. The van der Waals surface area contributed by atoms with Crippen molar-refractivity contribution in [2.24, 2.45) is 0 Å². The van der Waals surface area contributed by atoms with Gasteiger partial charge >= 0.3 is 5.97 Å². The number of piperidine rings is 1. The average molecular weight is 276 g/mol. The molecule has 3 atom stereocenters. The van der Waals surface area contributed by atoms with E-state index in [9.17, 15) is 9.90 Å². The van der Waals surface area contributed by atoms with Gasteiger partial charge in [-0.1, -0.05) is 30.3 Å². The molecule has 20 heavy (non-hydrogen) atoms. The van der Waals surface area contributed by atoms with Gasteiger partial charge in [-0.05, 0) is 38.9 Å². The van der Waals surface area contributed by atoms with Crippen LogP contribution in [0.1, 0.15) is 31.2 Å². The van der Waals surface area contributed by atoms with Crippen molar-refractivity contribution in [2.75, 3.05) is 20.1 Å². The van der Waals surface area contributed by atoms with Crippen molar-refractivity contribution in [1.29, 1.82) is 0 Å². The normalized spacial score (nSPS) is 25.3. The number of nitrogens with one attached hydrogen (secondary N) is 1. The number of nitrogens with zero attached hydrogens (tertiary/aromatic N) is 1. The molecule has 0 spiro atoms. The van der Waals surface area contributed by atoms with Crippen LogP contribution < -0.4 is 5.32 Å². The van der Waals surface area contributed by atoms with Gasteiger partial charge in [0.1, 0.15) is 0 Å². The van der Waals surface area contributed by atoms with Gasteiger partial charge in [-0.15, -0.1) is 0 Å². The highest BCUT2D eigenvalue weighted by Crippen LogP contribution is 2.18. The van der Waals surface area contributed by atoms with Crippen molar-refractivity contribution in [3.63, 3.8) is 0 Å². The van der Waals surface area contributed by atoms with Crippen molar-refractivity contribution in [3.8, 4) is 0 Å². The van der Waals surface area contributed by atoms with Gasteiger partial charge in [0.15, 0.2) is 0 Å². The van der Waals surface area contributed by atoms with E-state index in [-0.39, 0.29) is 0 Å². The second-order valence-corrected chi connectivity index (χ2v) is 5.76. The molecule has 1 aliphatic rings. The van der Waals surface area contributed by atoms with Crippen molar-refractivity contribution in [1.82, 2.24) is 10.2 Å². The summed E-state index contributed by atoms with van der Waals surface area (Å²) in [5, 5.41) is 12.8. The molecule has 0 amide bonds. The maximum absolute atomic E-state index is 11.4. The van der Waals surface area contributed by atoms with E-state index >= 15 is 0 Å². The van der Waals surface area contributed by atoms with Crippen LogP contribution in [0.15, 0.2) is 30.3 Å². The molecular weight excluding hydrogens is 252 g/mol. The number of aliphatic carboxylic acids is 1. The smallest absolute Gasteiger partial charge is 0.312 e. The molecule has 0 aliphatic carbocycles. The molecule has 2 rings (SSSR count). The van der Waals surface area contributed by atoms with Crippen molar-refractivity contribution in [2.45, 2.75) is 37.8 Å². The molecule has 110 valence electrons. The lowest BCUT2D eigenvalue weighted by Crippen LogP contribution is -2.46. The Morgan fingerprint density at radius 1 is 1.45 bits per heavy atom. The first-order valence-electron chi connectivity index (χ1n) is 7.29. The Labute approximate surface area is 120 Å². The monoisotopic (exact) mass is 276 g/mol. The number of hydrogen-bond acceptors (Lipinski definition) is 3. The summed E-state index contributed by atoms with van der Waals surface area (Å²) in [5.74, 6) is -1.23. The zero-order chi connectivity index (χ0) is 14.5. The van der Waals surface area contributed by atoms with E-state index in [0.29, 0.717) is 18.6 Å². The Balaban J connectivity index is 1.92. The summed E-state index contributed by atoms with van der Waals surface area (Å²) in [5.41, 5.74) is 0.869. The Morgan fingerprint density at radius 2 is 2.15 bits per heavy atom.